The summed E-state index contributed by atoms with van der Waals surface area (Å²) >= 11 is 0. The van der Waals surface area contributed by atoms with Gasteiger partial charge >= 0.3 is 5.97 Å². The second-order valence-corrected chi connectivity index (χ2v) is 3.64. The minimum absolute atomic E-state index is 0.195. The Balaban J connectivity index is 1.94. The minimum Gasteiger partial charge on any atom is -0.480 e. The molecule has 8 nitrogen and oxygen atoms in total. The average Bonchev–Trinajstić information content (AvgIpc) is 2.73. The molecule has 0 saturated carbocycles. The van der Waals surface area contributed by atoms with Gasteiger partial charge in [-0.15, -0.1) is 5.10 Å². The van der Waals surface area contributed by atoms with E-state index in [1.54, 1.807) is 25.4 Å². The molecule has 0 aliphatic rings. The zero-order valence-electron chi connectivity index (χ0n) is 9.74. The van der Waals surface area contributed by atoms with Crippen molar-refractivity contribution in [3.8, 4) is 0 Å². The maximum Gasteiger partial charge on any atom is 0.325 e. The van der Waals surface area contributed by atoms with Crippen LogP contribution in [0, 0.1) is 6.92 Å². The Morgan fingerprint density at radius 3 is 3.11 bits per heavy atom. The Morgan fingerprint density at radius 2 is 2.39 bits per heavy atom. The van der Waals surface area contributed by atoms with Gasteiger partial charge in [0.05, 0.1) is 12.7 Å². The fourth-order valence-corrected chi connectivity index (χ4v) is 1.37. The maximum atomic E-state index is 10.5. The fraction of sp³-hybridized carbons (Fsp3) is 0.300. The van der Waals surface area contributed by atoms with Gasteiger partial charge in [0.1, 0.15) is 23.9 Å². The molecule has 0 spiro atoms. The van der Waals surface area contributed by atoms with Crippen molar-refractivity contribution < 1.29 is 9.90 Å². The number of anilines is 1. The van der Waals surface area contributed by atoms with E-state index in [0.29, 0.717) is 23.9 Å². The Labute approximate surface area is 103 Å². The van der Waals surface area contributed by atoms with Gasteiger partial charge in [-0.05, 0) is 13.0 Å². The van der Waals surface area contributed by atoms with Crippen LogP contribution in [0.15, 0.2) is 18.5 Å². The highest BCUT2D eigenvalue weighted by molar-refractivity contribution is 5.66. The Bertz CT molecular complexity index is 553. The molecule has 0 bridgehead atoms. The van der Waals surface area contributed by atoms with Crippen LogP contribution < -0.4 is 5.32 Å². The smallest absolute Gasteiger partial charge is 0.325 e. The predicted octanol–water partition coefficient (Wildman–Crippen LogP) is 0.0732. The van der Waals surface area contributed by atoms with E-state index in [9.17, 15) is 4.79 Å². The van der Waals surface area contributed by atoms with Crippen LogP contribution in [0.4, 0.5) is 5.82 Å². The molecule has 0 aliphatic carbocycles. The van der Waals surface area contributed by atoms with Crippen molar-refractivity contribution in [3.63, 3.8) is 0 Å². The Kier molecular flexibility index (Phi) is 3.46. The van der Waals surface area contributed by atoms with Crippen molar-refractivity contribution in [2.75, 3.05) is 5.32 Å². The van der Waals surface area contributed by atoms with Gasteiger partial charge in [-0.1, -0.05) is 5.21 Å². The summed E-state index contributed by atoms with van der Waals surface area (Å²) in [5.74, 6) is 0.413. The molecule has 2 aromatic rings. The maximum absolute atomic E-state index is 10.5. The SMILES string of the molecule is Cc1nccc(NCc2cn(CC(=O)O)nn2)n1. The van der Waals surface area contributed by atoms with E-state index in [1.807, 2.05) is 0 Å². The van der Waals surface area contributed by atoms with Gasteiger partial charge < -0.3 is 10.4 Å². The molecule has 2 rings (SSSR count). The molecule has 18 heavy (non-hydrogen) atoms. The standard InChI is InChI=1S/C10H12N6O2/c1-7-11-3-2-9(13-7)12-4-8-5-16(15-14-8)6-10(17)18/h2-3,5H,4,6H2,1H3,(H,17,18)(H,11,12,13). The molecule has 8 heteroatoms. The summed E-state index contributed by atoms with van der Waals surface area (Å²) in [5.41, 5.74) is 0.646. The minimum atomic E-state index is -0.953. The van der Waals surface area contributed by atoms with Crippen LogP contribution in [0.25, 0.3) is 0 Å². The summed E-state index contributed by atoms with van der Waals surface area (Å²) in [5, 5.41) is 19.2. The lowest BCUT2D eigenvalue weighted by Gasteiger charge is -2.02. The quantitative estimate of drug-likeness (QED) is 0.771. The van der Waals surface area contributed by atoms with E-state index in [2.05, 4.69) is 25.6 Å². The lowest BCUT2D eigenvalue weighted by molar-refractivity contribution is -0.137. The zero-order chi connectivity index (χ0) is 13.0. The second kappa shape index (κ2) is 5.21. The Morgan fingerprint density at radius 1 is 1.56 bits per heavy atom. The third kappa shape index (κ3) is 3.24. The van der Waals surface area contributed by atoms with Gasteiger partial charge in [0.15, 0.2) is 0 Å². The van der Waals surface area contributed by atoms with Crippen molar-refractivity contribution >= 4 is 11.8 Å². The molecule has 2 aromatic heterocycles. The molecule has 94 valence electrons. The number of aromatic nitrogens is 5. The number of nitrogens with one attached hydrogen (secondary N) is 1. The summed E-state index contributed by atoms with van der Waals surface area (Å²) in [6.07, 6.45) is 3.24. The van der Waals surface area contributed by atoms with Crippen molar-refractivity contribution in [3.05, 3.63) is 30.0 Å². The first-order valence-electron chi connectivity index (χ1n) is 5.28. The van der Waals surface area contributed by atoms with E-state index in [1.165, 1.54) is 4.68 Å². The third-order valence-corrected chi connectivity index (χ3v) is 2.11. The summed E-state index contributed by atoms with van der Waals surface area (Å²) in [4.78, 5) is 18.6. The van der Waals surface area contributed by atoms with E-state index in [0.717, 1.165) is 0 Å². The fourth-order valence-electron chi connectivity index (χ4n) is 1.37. The van der Waals surface area contributed by atoms with Crippen molar-refractivity contribution in [1.82, 2.24) is 25.0 Å². The summed E-state index contributed by atoms with van der Waals surface area (Å²) in [6, 6.07) is 1.74. The zero-order valence-corrected chi connectivity index (χ0v) is 9.74. The Hall–Kier alpha value is -2.51. The van der Waals surface area contributed by atoms with Crippen LogP contribution in [0.3, 0.4) is 0 Å². The number of carboxylic acid groups (broad SMARTS) is 1. The first-order chi connectivity index (χ1) is 8.63. The van der Waals surface area contributed by atoms with Gasteiger partial charge in [-0.3, -0.25) is 4.79 Å². The number of rotatable bonds is 5. The molecule has 2 heterocycles. The summed E-state index contributed by atoms with van der Waals surface area (Å²) in [6.45, 7) is 2.03. The molecule has 0 saturated heterocycles. The van der Waals surface area contributed by atoms with Crippen LogP contribution in [-0.4, -0.2) is 36.0 Å². The van der Waals surface area contributed by atoms with E-state index in [-0.39, 0.29) is 6.54 Å². The first kappa shape index (κ1) is 12.0. The van der Waals surface area contributed by atoms with Crippen LogP contribution in [-0.2, 0) is 17.9 Å². The molecule has 0 radical (unpaired) electrons. The van der Waals surface area contributed by atoms with E-state index < -0.39 is 5.97 Å². The number of hydrogen-bond donors (Lipinski definition) is 2. The van der Waals surface area contributed by atoms with Crippen LogP contribution in [0.2, 0.25) is 0 Å². The molecular formula is C10H12N6O2. The normalized spacial score (nSPS) is 10.3. The number of nitrogens with zero attached hydrogens (tertiary/aromatic N) is 5. The molecule has 0 fully saturated rings. The van der Waals surface area contributed by atoms with Gasteiger partial charge in [-0.25, -0.2) is 14.6 Å². The molecule has 0 unspecified atom stereocenters. The molecule has 0 atom stereocenters. The second-order valence-electron chi connectivity index (χ2n) is 3.64. The highest BCUT2D eigenvalue weighted by atomic mass is 16.4. The van der Waals surface area contributed by atoms with Gasteiger partial charge in [0, 0.05) is 6.20 Å². The van der Waals surface area contributed by atoms with Gasteiger partial charge in [0.25, 0.3) is 0 Å². The molecule has 0 aliphatic heterocycles. The lowest BCUT2D eigenvalue weighted by atomic mass is 10.4. The third-order valence-electron chi connectivity index (χ3n) is 2.11. The van der Waals surface area contributed by atoms with Gasteiger partial charge in [-0.2, -0.15) is 0 Å². The number of aryl methyl sites for hydroxylation is 1. The lowest BCUT2D eigenvalue weighted by Crippen LogP contribution is -2.09. The largest absolute Gasteiger partial charge is 0.480 e. The molecule has 2 N–H and O–H groups in total. The number of hydrogen-bond acceptors (Lipinski definition) is 6. The summed E-state index contributed by atoms with van der Waals surface area (Å²) in [7, 11) is 0. The summed E-state index contributed by atoms with van der Waals surface area (Å²) < 4.78 is 1.27. The highest BCUT2D eigenvalue weighted by Gasteiger charge is 2.04. The highest BCUT2D eigenvalue weighted by Crippen LogP contribution is 2.03. The predicted molar refractivity (Wildman–Crippen MR) is 61.8 cm³/mol. The van der Waals surface area contributed by atoms with Crippen LogP contribution in [0.1, 0.15) is 11.5 Å². The van der Waals surface area contributed by atoms with Gasteiger partial charge in [0.2, 0.25) is 0 Å². The number of aliphatic carboxylic acids is 1. The first-order valence-corrected chi connectivity index (χ1v) is 5.28. The van der Waals surface area contributed by atoms with Crippen molar-refractivity contribution in [2.24, 2.45) is 0 Å². The van der Waals surface area contributed by atoms with Crippen molar-refractivity contribution in [2.45, 2.75) is 20.0 Å². The van der Waals surface area contributed by atoms with E-state index in [4.69, 9.17) is 5.11 Å². The molecule has 0 amide bonds. The van der Waals surface area contributed by atoms with E-state index >= 15 is 0 Å². The topological polar surface area (TPSA) is 106 Å². The van der Waals surface area contributed by atoms with Crippen molar-refractivity contribution in [1.29, 1.82) is 0 Å². The number of carboxylic acids is 1. The number of carbonyl (C=O) groups is 1. The average molecular weight is 248 g/mol. The van der Waals surface area contributed by atoms with Crippen LogP contribution >= 0.6 is 0 Å². The van der Waals surface area contributed by atoms with Crippen LogP contribution in [0.5, 0.6) is 0 Å². The molecule has 0 aromatic carbocycles. The monoisotopic (exact) mass is 248 g/mol. The molecular weight excluding hydrogens is 236 g/mol.